The first-order chi connectivity index (χ1) is 8.11. The zero-order valence-electron chi connectivity index (χ0n) is 9.93. The summed E-state index contributed by atoms with van der Waals surface area (Å²) in [5.41, 5.74) is 0.844. The molecule has 0 fully saturated rings. The summed E-state index contributed by atoms with van der Waals surface area (Å²) in [5, 5.41) is 18.6. The van der Waals surface area contributed by atoms with Crippen molar-refractivity contribution in [3.8, 4) is 0 Å². The average molecular weight is 239 g/mol. The fraction of sp³-hybridized carbons (Fsp3) is 0.385. The molecule has 0 saturated carbocycles. The summed E-state index contributed by atoms with van der Waals surface area (Å²) in [6.07, 6.45) is 0.875. The van der Waals surface area contributed by atoms with Gasteiger partial charge in [0.05, 0.1) is 18.4 Å². The van der Waals surface area contributed by atoms with E-state index in [9.17, 15) is 9.50 Å². The van der Waals surface area contributed by atoms with Crippen LogP contribution in [0.25, 0.3) is 0 Å². The second kappa shape index (κ2) is 6.37. The molecule has 0 saturated heterocycles. The zero-order chi connectivity index (χ0) is 12.8. The largest absolute Gasteiger partial charge is 0.395 e. The number of hydrogen-bond acceptors (Lipinski definition) is 3. The summed E-state index contributed by atoms with van der Waals surface area (Å²) in [4.78, 5) is 1.66. The third-order valence-electron chi connectivity index (χ3n) is 2.50. The van der Waals surface area contributed by atoms with Crippen LogP contribution in [0, 0.1) is 5.82 Å². The van der Waals surface area contributed by atoms with Crippen molar-refractivity contribution >= 4 is 5.69 Å². The van der Waals surface area contributed by atoms with Crippen molar-refractivity contribution in [2.75, 3.05) is 24.6 Å². The van der Waals surface area contributed by atoms with Crippen LogP contribution in [0.5, 0.6) is 0 Å². The lowest BCUT2D eigenvalue weighted by Crippen LogP contribution is -2.29. The molecular weight excluding hydrogens is 221 g/mol. The summed E-state index contributed by atoms with van der Waals surface area (Å²) < 4.78 is 13.8. The second-order valence-corrected chi connectivity index (χ2v) is 3.81. The van der Waals surface area contributed by atoms with Crippen molar-refractivity contribution in [2.24, 2.45) is 0 Å². The van der Waals surface area contributed by atoms with E-state index in [1.54, 1.807) is 30.0 Å². The van der Waals surface area contributed by atoms with E-state index in [-0.39, 0.29) is 6.61 Å². The number of halogens is 1. The van der Waals surface area contributed by atoms with Gasteiger partial charge in [-0.2, -0.15) is 0 Å². The molecule has 1 rings (SSSR count). The highest BCUT2D eigenvalue weighted by Crippen LogP contribution is 2.29. The van der Waals surface area contributed by atoms with Crippen molar-refractivity contribution in [1.29, 1.82) is 0 Å². The Balaban J connectivity index is 3.19. The molecule has 0 bridgehead atoms. The quantitative estimate of drug-likeness (QED) is 0.745. The van der Waals surface area contributed by atoms with Crippen LogP contribution in [0.1, 0.15) is 18.6 Å². The van der Waals surface area contributed by atoms with Crippen LogP contribution in [0.4, 0.5) is 10.1 Å². The van der Waals surface area contributed by atoms with Gasteiger partial charge in [-0.15, -0.1) is 6.58 Å². The number of anilines is 1. The van der Waals surface area contributed by atoms with E-state index in [0.29, 0.717) is 24.3 Å². The summed E-state index contributed by atoms with van der Waals surface area (Å²) in [6, 6.07) is 4.58. The van der Waals surface area contributed by atoms with E-state index in [1.165, 1.54) is 6.07 Å². The summed E-state index contributed by atoms with van der Waals surface area (Å²) in [7, 11) is 0. The van der Waals surface area contributed by atoms with Gasteiger partial charge in [-0.3, -0.25) is 0 Å². The van der Waals surface area contributed by atoms with Gasteiger partial charge in [-0.05, 0) is 13.0 Å². The van der Waals surface area contributed by atoms with Gasteiger partial charge in [0.15, 0.2) is 0 Å². The number of rotatable bonds is 6. The Kier molecular flexibility index (Phi) is 5.12. The van der Waals surface area contributed by atoms with Gasteiger partial charge in [0.2, 0.25) is 0 Å². The van der Waals surface area contributed by atoms with Crippen LogP contribution in [-0.2, 0) is 0 Å². The molecule has 0 aliphatic carbocycles. The molecule has 94 valence electrons. The van der Waals surface area contributed by atoms with Crippen LogP contribution in [0.2, 0.25) is 0 Å². The van der Waals surface area contributed by atoms with Gasteiger partial charge in [0.25, 0.3) is 0 Å². The lowest BCUT2D eigenvalue weighted by Gasteiger charge is -2.26. The number of nitrogens with zero attached hydrogens (tertiary/aromatic N) is 1. The first-order valence-electron chi connectivity index (χ1n) is 5.55. The van der Waals surface area contributed by atoms with E-state index in [2.05, 4.69) is 6.58 Å². The Morgan fingerprint density at radius 2 is 2.24 bits per heavy atom. The fourth-order valence-electron chi connectivity index (χ4n) is 1.77. The van der Waals surface area contributed by atoms with Crippen LogP contribution >= 0.6 is 0 Å². The highest BCUT2D eigenvalue weighted by atomic mass is 19.1. The van der Waals surface area contributed by atoms with Crippen molar-refractivity contribution in [2.45, 2.75) is 13.0 Å². The SMILES string of the molecule is C=CCN(CCO)c1c(F)cccc1C(C)O. The zero-order valence-corrected chi connectivity index (χ0v) is 9.93. The molecule has 1 aromatic carbocycles. The minimum absolute atomic E-state index is 0.0819. The van der Waals surface area contributed by atoms with Gasteiger partial charge in [-0.1, -0.05) is 18.2 Å². The van der Waals surface area contributed by atoms with E-state index < -0.39 is 11.9 Å². The van der Waals surface area contributed by atoms with Crippen LogP contribution in [0.3, 0.4) is 0 Å². The van der Waals surface area contributed by atoms with Crippen molar-refractivity contribution < 1.29 is 14.6 Å². The third-order valence-corrected chi connectivity index (χ3v) is 2.50. The number of benzene rings is 1. The van der Waals surface area contributed by atoms with E-state index in [0.717, 1.165) is 0 Å². The number of para-hydroxylation sites is 1. The molecule has 0 radical (unpaired) electrons. The monoisotopic (exact) mass is 239 g/mol. The van der Waals surface area contributed by atoms with Gasteiger partial charge >= 0.3 is 0 Å². The van der Waals surface area contributed by atoms with Gasteiger partial charge in [0, 0.05) is 18.7 Å². The van der Waals surface area contributed by atoms with Gasteiger partial charge in [-0.25, -0.2) is 4.39 Å². The predicted octanol–water partition coefficient (Wildman–Crippen LogP) is 1.86. The average Bonchev–Trinajstić information content (AvgIpc) is 2.28. The lowest BCUT2D eigenvalue weighted by molar-refractivity contribution is 0.199. The van der Waals surface area contributed by atoms with Crippen LogP contribution < -0.4 is 4.90 Å². The number of aliphatic hydroxyl groups is 2. The predicted molar refractivity (Wildman–Crippen MR) is 66.5 cm³/mol. The molecule has 0 heterocycles. The van der Waals surface area contributed by atoms with E-state index in [4.69, 9.17) is 5.11 Å². The Bertz CT molecular complexity index is 380. The molecule has 1 unspecified atom stereocenters. The number of aliphatic hydroxyl groups excluding tert-OH is 2. The summed E-state index contributed by atoms with van der Waals surface area (Å²) >= 11 is 0. The first kappa shape index (κ1) is 13.7. The van der Waals surface area contributed by atoms with Crippen LogP contribution in [0.15, 0.2) is 30.9 Å². The molecule has 3 nitrogen and oxygen atoms in total. The molecule has 0 aromatic heterocycles. The fourth-order valence-corrected chi connectivity index (χ4v) is 1.77. The standard InChI is InChI=1S/C13H18FNO2/c1-3-7-15(8-9-16)13-11(10(2)17)5-4-6-12(13)14/h3-6,10,16-17H,1,7-9H2,2H3. The summed E-state index contributed by atoms with van der Waals surface area (Å²) in [5.74, 6) is -0.404. The minimum atomic E-state index is -0.758. The number of hydrogen-bond donors (Lipinski definition) is 2. The molecule has 2 N–H and O–H groups in total. The minimum Gasteiger partial charge on any atom is -0.395 e. The van der Waals surface area contributed by atoms with Gasteiger partial charge in [0.1, 0.15) is 5.82 Å². The first-order valence-corrected chi connectivity index (χ1v) is 5.55. The second-order valence-electron chi connectivity index (χ2n) is 3.81. The molecule has 0 aliphatic heterocycles. The highest BCUT2D eigenvalue weighted by molar-refractivity contribution is 5.56. The normalized spacial score (nSPS) is 12.2. The lowest BCUT2D eigenvalue weighted by atomic mass is 10.1. The molecule has 0 spiro atoms. The molecular formula is C13H18FNO2. The molecule has 1 aromatic rings. The topological polar surface area (TPSA) is 43.7 Å². The van der Waals surface area contributed by atoms with Crippen molar-refractivity contribution in [3.05, 3.63) is 42.2 Å². The Hall–Kier alpha value is -1.39. The third kappa shape index (κ3) is 3.28. The maximum atomic E-state index is 13.8. The van der Waals surface area contributed by atoms with E-state index >= 15 is 0 Å². The van der Waals surface area contributed by atoms with Crippen LogP contribution in [-0.4, -0.2) is 29.9 Å². The smallest absolute Gasteiger partial charge is 0.146 e. The van der Waals surface area contributed by atoms with E-state index in [1.807, 2.05) is 0 Å². The Morgan fingerprint density at radius 1 is 1.53 bits per heavy atom. The summed E-state index contributed by atoms with van der Waals surface area (Å²) in [6.45, 7) is 5.83. The van der Waals surface area contributed by atoms with Gasteiger partial charge < -0.3 is 15.1 Å². The molecule has 0 aliphatic rings. The van der Waals surface area contributed by atoms with Crippen molar-refractivity contribution in [1.82, 2.24) is 0 Å². The molecule has 17 heavy (non-hydrogen) atoms. The maximum Gasteiger partial charge on any atom is 0.146 e. The Morgan fingerprint density at radius 3 is 2.76 bits per heavy atom. The maximum absolute atomic E-state index is 13.8. The molecule has 1 atom stereocenters. The Labute approximate surface area is 101 Å². The highest BCUT2D eigenvalue weighted by Gasteiger charge is 2.17. The van der Waals surface area contributed by atoms with Crippen molar-refractivity contribution in [3.63, 3.8) is 0 Å². The molecule has 4 heteroatoms. The molecule has 0 amide bonds.